The molecule has 0 spiro atoms. The van der Waals surface area contributed by atoms with Crippen LogP contribution in [0.2, 0.25) is 0 Å². The van der Waals surface area contributed by atoms with Crippen molar-refractivity contribution in [1.29, 1.82) is 0 Å². The Morgan fingerprint density at radius 2 is 1.67 bits per heavy atom. The molecule has 0 atom stereocenters. The molecule has 2 heterocycles. The van der Waals surface area contributed by atoms with Crippen molar-refractivity contribution in [1.82, 2.24) is 15.0 Å². The minimum atomic E-state index is -3.61. The minimum absolute atomic E-state index is 0.0774. The van der Waals surface area contributed by atoms with Crippen LogP contribution >= 0.6 is 0 Å². The second kappa shape index (κ2) is 6.94. The van der Waals surface area contributed by atoms with Crippen LogP contribution in [0.3, 0.4) is 0 Å². The van der Waals surface area contributed by atoms with Crippen molar-refractivity contribution in [3.05, 3.63) is 83.7 Å². The summed E-state index contributed by atoms with van der Waals surface area (Å²) in [4.78, 5) is 15.9. The third kappa shape index (κ3) is 3.60. The van der Waals surface area contributed by atoms with Crippen LogP contribution in [0.5, 0.6) is 0 Å². The van der Waals surface area contributed by atoms with Crippen LogP contribution < -0.4 is 10.0 Å². The number of nitrogens with one attached hydrogen (secondary N) is 2. The van der Waals surface area contributed by atoms with Gasteiger partial charge in [0.25, 0.3) is 5.91 Å². The molecule has 2 aromatic carbocycles. The van der Waals surface area contributed by atoms with Gasteiger partial charge in [0.05, 0.1) is 4.90 Å². The zero-order valence-electron chi connectivity index (χ0n) is 14.3. The Morgan fingerprint density at radius 1 is 0.963 bits per heavy atom. The third-order valence-corrected chi connectivity index (χ3v) is 5.92. The first-order valence-electron chi connectivity index (χ1n) is 8.43. The van der Waals surface area contributed by atoms with Crippen molar-refractivity contribution in [3.63, 3.8) is 0 Å². The van der Waals surface area contributed by atoms with Gasteiger partial charge in [-0.15, -0.1) is 0 Å². The molecule has 0 unspecified atom stereocenters. The summed E-state index contributed by atoms with van der Waals surface area (Å²) in [5, 5.41) is 2.79. The molecule has 1 aliphatic rings. The van der Waals surface area contributed by atoms with Crippen molar-refractivity contribution in [2.45, 2.75) is 18.0 Å². The van der Waals surface area contributed by atoms with Crippen LogP contribution in [0.1, 0.15) is 21.5 Å². The predicted molar refractivity (Wildman–Crippen MR) is 101 cm³/mol. The molecule has 2 N–H and O–H groups in total. The van der Waals surface area contributed by atoms with E-state index < -0.39 is 10.0 Å². The highest BCUT2D eigenvalue weighted by atomic mass is 32.2. The maximum Gasteiger partial charge on any atom is 0.251 e. The summed E-state index contributed by atoms with van der Waals surface area (Å²) >= 11 is 0. The summed E-state index contributed by atoms with van der Waals surface area (Å²) in [5.74, 6) is -0.0774. The molecular weight excluding hydrogens is 362 g/mol. The lowest BCUT2D eigenvalue weighted by molar-refractivity contribution is 0.0966. The molecule has 0 aliphatic carbocycles. The van der Waals surface area contributed by atoms with Gasteiger partial charge in [-0.05, 0) is 52.6 Å². The van der Waals surface area contributed by atoms with E-state index in [9.17, 15) is 13.2 Å². The fourth-order valence-corrected chi connectivity index (χ4v) is 4.00. The normalized spacial score (nSPS) is 13.3. The number of carbonyl (C=O) groups excluding carboxylic acids is 1. The average molecular weight is 379 g/mol. The summed E-state index contributed by atoms with van der Waals surface area (Å²) < 4.78 is 27.5. The van der Waals surface area contributed by atoms with E-state index in [4.69, 9.17) is 0 Å². The lowest BCUT2D eigenvalue weighted by Crippen LogP contribution is -2.23. The fraction of sp³-hybridized carbons (Fsp3) is 0.100. The number of sulfonamides is 1. The fourth-order valence-electron chi connectivity index (χ4n) is 2.98. The van der Waals surface area contributed by atoms with Crippen molar-refractivity contribution in [3.8, 4) is 11.1 Å². The molecule has 0 fully saturated rings. The minimum Gasteiger partial charge on any atom is -0.348 e. The number of hydrogen-bond donors (Lipinski definition) is 2. The van der Waals surface area contributed by atoms with E-state index in [2.05, 4.69) is 15.0 Å². The van der Waals surface area contributed by atoms with E-state index in [1.165, 1.54) is 0 Å². The highest BCUT2D eigenvalue weighted by molar-refractivity contribution is 7.89. The molecule has 0 saturated heterocycles. The van der Waals surface area contributed by atoms with E-state index in [0.717, 1.165) is 22.3 Å². The van der Waals surface area contributed by atoms with Gasteiger partial charge in [-0.25, -0.2) is 13.1 Å². The summed E-state index contributed by atoms with van der Waals surface area (Å²) in [6.45, 7) is 0.751. The van der Waals surface area contributed by atoms with Crippen LogP contribution in [0.4, 0.5) is 0 Å². The molecule has 7 heteroatoms. The summed E-state index contributed by atoms with van der Waals surface area (Å²) in [6.07, 6.45) is 3.24. The number of aromatic nitrogens is 1. The first kappa shape index (κ1) is 17.4. The molecular formula is C20H17N3O3S. The molecule has 1 aliphatic heterocycles. The van der Waals surface area contributed by atoms with Crippen LogP contribution in [0.15, 0.2) is 71.9 Å². The number of amides is 1. The number of fused-ring (bicyclic) bond motifs is 1. The largest absolute Gasteiger partial charge is 0.348 e. The Bertz CT molecular complexity index is 1100. The highest BCUT2D eigenvalue weighted by Gasteiger charge is 2.19. The van der Waals surface area contributed by atoms with Gasteiger partial charge in [0.2, 0.25) is 10.0 Å². The number of nitrogens with zero attached hydrogens (tertiary/aromatic N) is 1. The van der Waals surface area contributed by atoms with E-state index in [0.29, 0.717) is 12.1 Å². The first-order chi connectivity index (χ1) is 13.0. The van der Waals surface area contributed by atoms with Gasteiger partial charge >= 0.3 is 0 Å². The maximum absolute atomic E-state index is 12.5. The molecule has 1 amide bonds. The molecule has 1 aromatic heterocycles. The summed E-state index contributed by atoms with van der Waals surface area (Å²) in [6, 6.07) is 15.8. The van der Waals surface area contributed by atoms with Crippen molar-refractivity contribution >= 4 is 15.9 Å². The third-order valence-electron chi connectivity index (χ3n) is 4.51. The molecule has 0 saturated carbocycles. The van der Waals surface area contributed by atoms with Gasteiger partial charge in [-0.3, -0.25) is 9.78 Å². The van der Waals surface area contributed by atoms with Gasteiger partial charge in [0.1, 0.15) is 0 Å². The second-order valence-electron chi connectivity index (χ2n) is 6.26. The number of carbonyl (C=O) groups is 1. The Morgan fingerprint density at radius 3 is 2.41 bits per heavy atom. The van der Waals surface area contributed by atoms with E-state index in [1.54, 1.807) is 48.8 Å². The smallest absolute Gasteiger partial charge is 0.251 e. The second-order valence-corrected chi connectivity index (χ2v) is 8.03. The standard InChI is InChI=1S/C20H17N3O3S/c24-20-19-11-16(1-2-17(19)13-22-20)15-3-5-18(6-4-15)27(25,26)23-12-14-7-9-21-10-8-14/h1-11,23H,12-13H2,(H,22,24). The van der Waals surface area contributed by atoms with Crippen molar-refractivity contribution < 1.29 is 13.2 Å². The number of hydrogen-bond acceptors (Lipinski definition) is 4. The predicted octanol–water partition coefficient (Wildman–Crippen LogP) is 2.47. The van der Waals surface area contributed by atoms with Crippen LogP contribution in [0.25, 0.3) is 11.1 Å². The summed E-state index contributed by atoms with van der Waals surface area (Å²) in [7, 11) is -3.61. The first-order valence-corrected chi connectivity index (χ1v) is 9.91. The van der Waals surface area contributed by atoms with Crippen LogP contribution in [-0.2, 0) is 23.1 Å². The maximum atomic E-state index is 12.5. The Balaban J connectivity index is 1.53. The van der Waals surface area contributed by atoms with Crippen LogP contribution in [-0.4, -0.2) is 19.3 Å². The number of pyridine rings is 1. The lowest BCUT2D eigenvalue weighted by Gasteiger charge is -2.08. The lowest BCUT2D eigenvalue weighted by atomic mass is 10.0. The number of benzene rings is 2. The van der Waals surface area contributed by atoms with Gasteiger partial charge in [-0.1, -0.05) is 24.3 Å². The highest BCUT2D eigenvalue weighted by Crippen LogP contribution is 2.26. The average Bonchev–Trinajstić information content (AvgIpc) is 3.08. The molecule has 0 bridgehead atoms. The zero-order valence-corrected chi connectivity index (χ0v) is 15.2. The van der Waals surface area contributed by atoms with E-state index in [1.807, 2.05) is 18.2 Å². The van der Waals surface area contributed by atoms with E-state index >= 15 is 0 Å². The molecule has 6 nitrogen and oxygen atoms in total. The van der Waals surface area contributed by atoms with Gasteiger partial charge in [0, 0.05) is 31.0 Å². The Kier molecular flexibility index (Phi) is 4.47. The quantitative estimate of drug-likeness (QED) is 0.713. The van der Waals surface area contributed by atoms with Crippen LogP contribution in [0, 0.1) is 0 Å². The molecule has 0 radical (unpaired) electrons. The molecule has 3 aromatic rings. The molecule has 136 valence electrons. The van der Waals surface area contributed by atoms with Crippen molar-refractivity contribution in [2.75, 3.05) is 0 Å². The van der Waals surface area contributed by atoms with E-state index in [-0.39, 0.29) is 17.3 Å². The van der Waals surface area contributed by atoms with Gasteiger partial charge < -0.3 is 5.32 Å². The Hall–Kier alpha value is -3.03. The summed E-state index contributed by atoms with van der Waals surface area (Å²) in [5.41, 5.74) is 4.21. The molecule has 27 heavy (non-hydrogen) atoms. The number of rotatable bonds is 5. The molecule has 4 rings (SSSR count). The van der Waals surface area contributed by atoms with Gasteiger partial charge in [0.15, 0.2) is 0 Å². The van der Waals surface area contributed by atoms with Crippen molar-refractivity contribution in [2.24, 2.45) is 0 Å². The SMILES string of the molecule is O=C1NCc2ccc(-c3ccc(S(=O)(=O)NCc4ccncc4)cc3)cc21. The Labute approximate surface area is 157 Å². The topological polar surface area (TPSA) is 88.2 Å². The van der Waals surface area contributed by atoms with Gasteiger partial charge in [-0.2, -0.15) is 0 Å². The monoisotopic (exact) mass is 379 g/mol. The zero-order chi connectivity index (χ0) is 18.9.